The second kappa shape index (κ2) is 6.90. The van der Waals surface area contributed by atoms with Crippen molar-refractivity contribution >= 4 is 38.9 Å². The van der Waals surface area contributed by atoms with Crippen LogP contribution in [-0.4, -0.2) is 12.6 Å². The van der Waals surface area contributed by atoms with E-state index in [2.05, 4.69) is 21.2 Å². The van der Waals surface area contributed by atoms with Gasteiger partial charge in [0.05, 0.1) is 10.4 Å². The molecule has 0 amide bonds. The standard InChI is InChI=1S/C15H16BrNO2S/c1-3-19-15(18)14(12-8-9-13(16)20-12)17-11-6-4-10(2)5-7-11/h4-9,14,17H,3H2,1-2H3. The van der Waals surface area contributed by atoms with Crippen LogP contribution in [0.15, 0.2) is 40.2 Å². The van der Waals surface area contributed by atoms with Gasteiger partial charge in [-0.3, -0.25) is 0 Å². The molecule has 1 atom stereocenters. The van der Waals surface area contributed by atoms with Gasteiger partial charge in [-0.2, -0.15) is 0 Å². The summed E-state index contributed by atoms with van der Waals surface area (Å²) in [6.07, 6.45) is 0. The van der Waals surface area contributed by atoms with Gasteiger partial charge in [-0.05, 0) is 54.0 Å². The Morgan fingerprint density at radius 1 is 1.30 bits per heavy atom. The summed E-state index contributed by atoms with van der Waals surface area (Å²) in [4.78, 5) is 13.1. The first-order chi connectivity index (χ1) is 9.60. The lowest BCUT2D eigenvalue weighted by atomic mass is 10.2. The molecule has 2 rings (SSSR count). The normalized spacial score (nSPS) is 11.9. The Morgan fingerprint density at radius 2 is 2.00 bits per heavy atom. The van der Waals surface area contributed by atoms with Gasteiger partial charge in [0.25, 0.3) is 0 Å². The Morgan fingerprint density at radius 3 is 2.55 bits per heavy atom. The molecule has 2 aromatic rings. The lowest BCUT2D eigenvalue weighted by Crippen LogP contribution is -2.22. The lowest BCUT2D eigenvalue weighted by Gasteiger charge is -2.17. The second-order valence-corrected chi connectivity index (χ2v) is 6.83. The van der Waals surface area contributed by atoms with Gasteiger partial charge in [-0.25, -0.2) is 4.79 Å². The summed E-state index contributed by atoms with van der Waals surface area (Å²) in [5, 5.41) is 3.24. The third kappa shape index (κ3) is 3.84. The van der Waals surface area contributed by atoms with Crippen LogP contribution in [-0.2, 0) is 9.53 Å². The molecular formula is C15H16BrNO2S. The summed E-state index contributed by atoms with van der Waals surface area (Å²) < 4.78 is 6.15. The van der Waals surface area contributed by atoms with E-state index in [9.17, 15) is 4.79 Å². The number of benzene rings is 1. The first kappa shape index (κ1) is 15.1. The molecular weight excluding hydrogens is 338 g/mol. The van der Waals surface area contributed by atoms with Crippen molar-refractivity contribution in [3.05, 3.63) is 50.6 Å². The Bertz CT molecular complexity index is 580. The van der Waals surface area contributed by atoms with Crippen molar-refractivity contribution in [1.29, 1.82) is 0 Å². The zero-order chi connectivity index (χ0) is 14.5. The minimum Gasteiger partial charge on any atom is -0.464 e. The highest BCUT2D eigenvalue weighted by Crippen LogP contribution is 2.30. The van der Waals surface area contributed by atoms with E-state index in [1.165, 1.54) is 16.9 Å². The van der Waals surface area contributed by atoms with Crippen LogP contribution in [0.25, 0.3) is 0 Å². The monoisotopic (exact) mass is 353 g/mol. The average molecular weight is 354 g/mol. The van der Waals surface area contributed by atoms with E-state index in [-0.39, 0.29) is 5.97 Å². The summed E-state index contributed by atoms with van der Waals surface area (Å²) in [5.41, 5.74) is 2.08. The third-order valence-corrected chi connectivity index (χ3v) is 4.45. The van der Waals surface area contributed by atoms with Crippen molar-refractivity contribution in [1.82, 2.24) is 0 Å². The molecule has 0 aliphatic carbocycles. The Balaban J connectivity index is 2.22. The van der Waals surface area contributed by atoms with Crippen LogP contribution < -0.4 is 5.32 Å². The van der Waals surface area contributed by atoms with E-state index in [1.807, 2.05) is 50.2 Å². The van der Waals surface area contributed by atoms with Crippen LogP contribution in [0.5, 0.6) is 0 Å². The van der Waals surface area contributed by atoms with Gasteiger partial charge >= 0.3 is 5.97 Å². The number of halogens is 1. The van der Waals surface area contributed by atoms with Crippen molar-refractivity contribution in [2.75, 3.05) is 11.9 Å². The molecule has 1 heterocycles. The van der Waals surface area contributed by atoms with Gasteiger partial charge in [-0.1, -0.05) is 17.7 Å². The topological polar surface area (TPSA) is 38.3 Å². The largest absolute Gasteiger partial charge is 0.464 e. The molecule has 0 saturated heterocycles. The SMILES string of the molecule is CCOC(=O)C(Nc1ccc(C)cc1)c1ccc(Br)s1. The van der Waals surface area contributed by atoms with Gasteiger partial charge in [0.15, 0.2) is 6.04 Å². The van der Waals surface area contributed by atoms with Gasteiger partial charge in [-0.15, -0.1) is 11.3 Å². The maximum absolute atomic E-state index is 12.1. The molecule has 0 radical (unpaired) electrons. The Labute approximate surface area is 131 Å². The van der Waals surface area contributed by atoms with E-state index in [0.717, 1.165) is 14.4 Å². The number of aryl methyl sites for hydroxylation is 1. The highest BCUT2D eigenvalue weighted by molar-refractivity contribution is 9.11. The minimum atomic E-state index is -0.478. The second-order valence-electron chi connectivity index (χ2n) is 4.34. The summed E-state index contributed by atoms with van der Waals surface area (Å²) in [7, 11) is 0. The van der Waals surface area contributed by atoms with Crippen molar-refractivity contribution in [3.8, 4) is 0 Å². The predicted molar refractivity (Wildman–Crippen MR) is 86.2 cm³/mol. The molecule has 1 N–H and O–H groups in total. The molecule has 106 valence electrons. The summed E-state index contributed by atoms with van der Waals surface area (Å²) in [6.45, 7) is 4.21. The van der Waals surface area contributed by atoms with Crippen LogP contribution in [0.3, 0.4) is 0 Å². The number of rotatable bonds is 5. The number of carbonyl (C=O) groups excluding carboxylic acids is 1. The summed E-state index contributed by atoms with van der Waals surface area (Å²) in [6, 6.07) is 11.3. The Kier molecular flexibility index (Phi) is 5.20. The fraction of sp³-hybridized carbons (Fsp3) is 0.267. The Hall–Kier alpha value is -1.33. The van der Waals surface area contributed by atoms with Gasteiger partial charge < -0.3 is 10.1 Å². The number of hydrogen-bond acceptors (Lipinski definition) is 4. The number of anilines is 1. The molecule has 0 spiro atoms. The smallest absolute Gasteiger partial charge is 0.334 e. The van der Waals surface area contributed by atoms with E-state index in [1.54, 1.807) is 0 Å². The molecule has 0 aliphatic rings. The van der Waals surface area contributed by atoms with Crippen molar-refractivity contribution < 1.29 is 9.53 Å². The van der Waals surface area contributed by atoms with Crippen LogP contribution in [0.4, 0.5) is 5.69 Å². The number of ether oxygens (including phenoxy) is 1. The molecule has 0 fully saturated rings. The minimum absolute atomic E-state index is 0.262. The molecule has 0 aliphatic heterocycles. The first-order valence-electron chi connectivity index (χ1n) is 6.35. The summed E-state index contributed by atoms with van der Waals surface area (Å²) in [5.74, 6) is -0.262. The molecule has 0 bridgehead atoms. The van der Waals surface area contributed by atoms with Crippen molar-refractivity contribution in [2.24, 2.45) is 0 Å². The van der Waals surface area contributed by atoms with E-state index in [4.69, 9.17) is 4.74 Å². The number of nitrogens with one attached hydrogen (secondary N) is 1. The van der Waals surface area contributed by atoms with Gasteiger partial charge in [0.1, 0.15) is 0 Å². The molecule has 20 heavy (non-hydrogen) atoms. The fourth-order valence-electron chi connectivity index (χ4n) is 1.77. The molecule has 1 aromatic heterocycles. The summed E-state index contributed by atoms with van der Waals surface area (Å²) >= 11 is 4.95. The van der Waals surface area contributed by atoms with E-state index in [0.29, 0.717) is 6.61 Å². The first-order valence-corrected chi connectivity index (χ1v) is 7.96. The van der Waals surface area contributed by atoms with Gasteiger partial charge in [0, 0.05) is 10.6 Å². The molecule has 0 saturated carbocycles. The number of thiophene rings is 1. The van der Waals surface area contributed by atoms with Gasteiger partial charge in [0.2, 0.25) is 0 Å². The molecule has 3 nitrogen and oxygen atoms in total. The highest BCUT2D eigenvalue weighted by atomic mass is 79.9. The number of hydrogen-bond donors (Lipinski definition) is 1. The zero-order valence-electron chi connectivity index (χ0n) is 11.4. The van der Waals surface area contributed by atoms with Crippen LogP contribution >= 0.6 is 27.3 Å². The van der Waals surface area contributed by atoms with Crippen molar-refractivity contribution in [3.63, 3.8) is 0 Å². The molecule has 1 unspecified atom stereocenters. The van der Waals surface area contributed by atoms with E-state index < -0.39 is 6.04 Å². The third-order valence-electron chi connectivity index (χ3n) is 2.76. The molecule has 1 aromatic carbocycles. The average Bonchev–Trinajstić information content (AvgIpc) is 2.84. The fourth-order valence-corrected chi connectivity index (χ4v) is 3.23. The maximum atomic E-state index is 12.1. The quantitative estimate of drug-likeness (QED) is 0.802. The number of carbonyl (C=O) groups is 1. The van der Waals surface area contributed by atoms with Crippen molar-refractivity contribution in [2.45, 2.75) is 19.9 Å². The number of esters is 1. The lowest BCUT2D eigenvalue weighted by molar-refractivity contribution is -0.144. The van der Waals surface area contributed by atoms with Crippen LogP contribution in [0, 0.1) is 6.92 Å². The van der Waals surface area contributed by atoms with E-state index >= 15 is 0 Å². The maximum Gasteiger partial charge on any atom is 0.334 e. The zero-order valence-corrected chi connectivity index (χ0v) is 13.8. The van der Waals surface area contributed by atoms with Crippen LogP contribution in [0.1, 0.15) is 23.4 Å². The van der Waals surface area contributed by atoms with Crippen LogP contribution in [0.2, 0.25) is 0 Å². The predicted octanol–water partition coefficient (Wildman–Crippen LogP) is 4.54. The highest BCUT2D eigenvalue weighted by Gasteiger charge is 2.23. The molecule has 5 heteroatoms.